The molecule has 1 atom stereocenters. The summed E-state index contributed by atoms with van der Waals surface area (Å²) in [6.07, 6.45) is 0. The van der Waals surface area contributed by atoms with Crippen LogP contribution in [0.15, 0.2) is 0 Å². The van der Waals surface area contributed by atoms with E-state index in [1.165, 1.54) is 4.80 Å². The number of aromatic nitrogens is 4. The Hall–Kier alpha value is -1.01. The monoisotopic (exact) mass is 168 g/mol. The second-order valence-electron chi connectivity index (χ2n) is 2.85. The number of piperazine rings is 1. The Labute approximate surface area is 70.3 Å². The quantitative estimate of drug-likeness (QED) is 0.531. The second-order valence-corrected chi connectivity index (χ2v) is 2.85. The van der Waals surface area contributed by atoms with Crippen LogP contribution in [0, 0.1) is 0 Å². The van der Waals surface area contributed by atoms with Crippen LogP contribution < -0.4 is 10.6 Å². The van der Waals surface area contributed by atoms with Crippen LogP contribution in [0.3, 0.4) is 0 Å². The van der Waals surface area contributed by atoms with Crippen LogP contribution >= 0.6 is 0 Å². The third-order valence-electron chi connectivity index (χ3n) is 1.88. The second kappa shape index (κ2) is 3.16. The topological polar surface area (TPSA) is 67.7 Å². The van der Waals surface area contributed by atoms with Crippen molar-refractivity contribution in [3.05, 3.63) is 5.82 Å². The molecule has 66 valence electrons. The lowest BCUT2D eigenvalue weighted by Gasteiger charge is -2.21. The minimum absolute atomic E-state index is 0.215. The summed E-state index contributed by atoms with van der Waals surface area (Å²) in [7, 11) is 1.77. The van der Waals surface area contributed by atoms with E-state index in [9.17, 15) is 0 Å². The molecule has 2 rings (SSSR count). The van der Waals surface area contributed by atoms with Crippen LogP contribution in [0.25, 0.3) is 0 Å². The number of tetrazole rings is 1. The van der Waals surface area contributed by atoms with Crippen molar-refractivity contribution in [1.82, 2.24) is 30.8 Å². The van der Waals surface area contributed by atoms with E-state index < -0.39 is 0 Å². The lowest BCUT2D eigenvalue weighted by atomic mass is 10.2. The Morgan fingerprint density at radius 3 is 3.00 bits per heavy atom. The molecule has 2 heterocycles. The zero-order valence-electron chi connectivity index (χ0n) is 6.99. The lowest BCUT2D eigenvalue weighted by molar-refractivity contribution is 0.414. The van der Waals surface area contributed by atoms with Crippen LogP contribution in [0.1, 0.15) is 11.9 Å². The molecule has 6 heteroatoms. The Morgan fingerprint density at radius 2 is 2.42 bits per heavy atom. The third-order valence-corrected chi connectivity index (χ3v) is 1.88. The van der Waals surface area contributed by atoms with Gasteiger partial charge in [-0.3, -0.25) is 0 Å². The predicted molar refractivity (Wildman–Crippen MR) is 42.4 cm³/mol. The zero-order valence-corrected chi connectivity index (χ0v) is 6.99. The fourth-order valence-corrected chi connectivity index (χ4v) is 1.27. The number of aryl methyl sites for hydroxylation is 1. The molecule has 1 aromatic rings. The van der Waals surface area contributed by atoms with E-state index in [1.54, 1.807) is 7.05 Å². The van der Waals surface area contributed by atoms with Gasteiger partial charge in [-0.25, -0.2) is 0 Å². The fourth-order valence-electron chi connectivity index (χ4n) is 1.27. The van der Waals surface area contributed by atoms with Gasteiger partial charge in [0.1, 0.15) is 0 Å². The summed E-state index contributed by atoms with van der Waals surface area (Å²) in [5.41, 5.74) is 0. The molecule has 2 N–H and O–H groups in total. The Morgan fingerprint density at radius 1 is 1.50 bits per heavy atom. The van der Waals surface area contributed by atoms with Crippen molar-refractivity contribution in [3.63, 3.8) is 0 Å². The largest absolute Gasteiger partial charge is 0.313 e. The van der Waals surface area contributed by atoms with E-state index in [-0.39, 0.29) is 6.04 Å². The smallest absolute Gasteiger partial charge is 0.192 e. The summed E-state index contributed by atoms with van der Waals surface area (Å²) in [4.78, 5) is 1.48. The molecule has 1 saturated heterocycles. The average molecular weight is 168 g/mol. The first kappa shape index (κ1) is 7.63. The highest BCUT2D eigenvalue weighted by atomic mass is 15.6. The molecule has 1 aliphatic heterocycles. The van der Waals surface area contributed by atoms with Crippen molar-refractivity contribution in [2.75, 3.05) is 19.6 Å². The van der Waals surface area contributed by atoms with E-state index in [2.05, 4.69) is 26.0 Å². The van der Waals surface area contributed by atoms with E-state index >= 15 is 0 Å². The Bertz CT molecular complexity index is 250. The molecule has 0 bridgehead atoms. The van der Waals surface area contributed by atoms with E-state index in [1.807, 2.05) is 0 Å². The van der Waals surface area contributed by atoms with Gasteiger partial charge < -0.3 is 10.6 Å². The molecule has 1 fully saturated rings. The third kappa shape index (κ3) is 1.44. The first-order valence-corrected chi connectivity index (χ1v) is 4.04. The maximum atomic E-state index is 4.13. The molecule has 0 spiro atoms. The van der Waals surface area contributed by atoms with E-state index in [0.29, 0.717) is 0 Å². The van der Waals surface area contributed by atoms with Crippen molar-refractivity contribution in [3.8, 4) is 0 Å². The first-order valence-electron chi connectivity index (χ1n) is 4.04. The van der Waals surface area contributed by atoms with Crippen LogP contribution in [-0.2, 0) is 7.05 Å². The summed E-state index contributed by atoms with van der Waals surface area (Å²) < 4.78 is 0. The summed E-state index contributed by atoms with van der Waals surface area (Å²) in [6.45, 7) is 2.85. The van der Waals surface area contributed by atoms with E-state index in [4.69, 9.17) is 0 Å². The molecule has 0 amide bonds. The van der Waals surface area contributed by atoms with Crippen molar-refractivity contribution < 1.29 is 0 Å². The molecular weight excluding hydrogens is 156 g/mol. The molecule has 0 aliphatic carbocycles. The van der Waals surface area contributed by atoms with Crippen LogP contribution in [0.2, 0.25) is 0 Å². The highest BCUT2D eigenvalue weighted by Crippen LogP contribution is 2.05. The number of hydrogen-bond donors (Lipinski definition) is 2. The van der Waals surface area contributed by atoms with Gasteiger partial charge in [-0.1, -0.05) is 0 Å². The maximum Gasteiger partial charge on any atom is 0.192 e. The summed E-state index contributed by atoms with van der Waals surface area (Å²) in [6, 6.07) is 0.215. The van der Waals surface area contributed by atoms with Gasteiger partial charge >= 0.3 is 0 Å². The Kier molecular flexibility index (Phi) is 2.01. The first-order chi connectivity index (χ1) is 5.86. The van der Waals surface area contributed by atoms with Crippen LogP contribution in [-0.4, -0.2) is 39.8 Å². The van der Waals surface area contributed by atoms with Crippen molar-refractivity contribution >= 4 is 0 Å². The molecule has 1 aromatic heterocycles. The van der Waals surface area contributed by atoms with Gasteiger partial charge in [0.05, 0.1) is 13.1 Å². The summed E-state index contributed by atoms with van der Waals surface area (Å²) >= 11 is 0. The molecular formula is C6H12N6. The van der Waals surface area contributed by atoms with Crippen LogP contribution in [0.4, 0.5) is 0 Å². The maximum absolute atomic E-state index is 4.13. The van der Waals surface area contributed by atoms with Gasteiger partial charge in [-0.05, 0) is 5.21 Å². The average Bonchev–Trinajstić information content (AvgIpc) is 2.54. The molecule has 6 nitrogen and oxygen atoms in total. The van der Waals surface area contributed by atoms with Gasteiger partial charge in [-0.2, -0.15) is 4.80 Å². The number of hydrogen-bond acceptors (Lipinski definition) is 5. The molecule has 0 saturated carbocycles. The van der Waals surface area contributed by atoms with Crippen LogP contribution in [0.5, 0.6) is 0 Å². The normalized spacial score (nSPS) is 24.2. The molecule has 0 aromatic carbocycles. The Balaban J connectivity index is 2.08. The highest BCUT2D eigenvalue weighted by molar-refractivity contribution is 4.92. The standard InChI is InChI=1S/C6H12N6/c1-12-10-6(9-11-12)5-4-7-2-3-8-5/h5,7-8H,2-4H2,1H3. The minimum atomic E-state index is 0.215. The van der Waals surface area contributed by atoms with Gasteiger partial charge in [0.2, 0.25) is 0 Å². The highest BCUT2D eigenvalue weighted by Gasteiger charge is 2.18. The van der Waals surface area contributed by atoms with Gasteiger partial charge in [0.15, 0.2) is 5.82 Å². The zero-order chi connectivity index (χ0) is 8.39. The van der Waals surface area contributed by atoms with Gasteiger partial charge in [-0.15, -0.1) is 10.2 Å². The minimum Gasteiger partial charge on any atom is -0.313 e. The predicted octanol–water partition coefficient (Wildman–Crippen LogP) is -1.56. The SMILES string of the molecule is Cn1nnc(C2CNCCN2)n1. The van der Waals surface area contributed by atoms with Crippen molar-refractivity contribution in [1.29, 1.82) is 0 Å². The number of nitrogens with zero attached hydrogens (tertiary/aromatic N) is 4. The fraction of sp³-hybridized carbons (Fsp3) is 0.833. The number of rotatable bonds is 1. The molecule has 1 unspecified atom stereocenters. The molecule has 12 heavy (non-hydrogen) atoms. The number of nitrogens with one attached hydrogen (secondary N) is 2. The molecule has 0 radical (unpaired) electrons. The van der Waals surface area contributed by atoms with Gasteiger partial charge in [0, 0.05) is 19.6 Å². The molecule has 1 aliphatic rings. The van der Waals surface area contributed by atoms with E-state index in [0.717, 1.165) is 25.5 Å². The summed E-state index contributed by atoms with van der Waals surface area (Å²) in [5.74, 6) is 0.768. The summed E-state index contributed by atoms with van der Waals surface area (Å²) in [5, 5.41) is 18.4. The van der Waals surface area contributed by atoms with Crippen molar-refractivity contribution in [2.45, 2.75) is 6.04 Å². The lowest BCUT2D eigenvalue weighted by Crippen LogP contribution is -2.43. The van der Waals surface area contributed by atoms with Crippen molar-refractivity contribution in [2.24, 2.45) is 7.05 Å². The van der Waals surface area contributed by atoms with Gasteiger partial charge in [0.25, 0.3) is 0 Å².